The molecule has 0 spiro atoms. The summed E-state index contributed by atoms with van der Waals surface area (Å²) in [7, 11) is 0. The van der Waals surface area contributed by atoms with Crippen molar-refractivity contribution < 1.29 is 41.7 Å². The standard InChI is InChI=1S/C24H25ClF3N3O6/c25-13-1-2-17-15(9-13)16(32)10-18(35-17)19(33)29-22-3-5-23(6-4-22,34-11-22)21-31-30-20(36-21)12-7-14(8-12)37-24(26,27)28/h1-2,9,12,14,16,18,32H,3-8,10-11H2,(H,29,33)/t12-,14+,16-,18-,22?,23?/m1/s1. The number of amides is 1. The van der Waals surface area contributed by atoms with Gasteiger partial charge in [0.15, 0.2) is 6.10 Å². The van der Waals surface area contributed by atoms with Crippen molar-refractivity contribution in [1.29, 1.82) is 0 Å². The van der Waals surface area contributed by atoms with Crippen molar-refractivity contribution in [1.82, 2.24) is 15.5 Å². The molecule has 0 unspecified atom stereocenters. The number of nitrogens with one attached hydrogen (secondary N) is 1. The highest BCUT2D eigenvalue weighted by Gasteiger charge is 2.55. The van der Waals surface area contributed by atoms with Crippen LogP contribution in [-0.2, 0) is 19.9 Å². The van der Waals surface area contributed by atoms with E-state index in [-0.39, 0.29) is 37.7 Å². The summed E-state index contributed by atoms with van der Waals surface area (Å²) in [5.74, 6) is 0.441. The number of carbonyl (C=O) groups excluding carboxylic acids is 1. The highest BCUT2D eigenvalue weighted by molar-refractivity contribution is 6.30. The highest BCUT2D eigenvalue weighted by Crippen LogP contribution is 2.50. The van der Waals surface area contributed by atoms with Gasteiger partial charge in [0.2, 0.25) is 11.8 Å². The Morgan fingerprint density at radius 1 is 1.16 bits per heavy atom. The van der Waals surface area contributed by atoms with Gasteiger partial charge in [0, 0.05) is 22.9 Å². The highest BCUT2D eigenvalue weighted by atomic mass is 35.5. The van der Waals surface area contributed by atoms with Crippen LogP contribution in [0.1, 0.15) is 74.3 Å². The summed E-state index contributed by atoms with van der Waals surface area (Å²) in [5, 5.41) is 22.3. The van der Waals surface area contributed by atoms with E-state index < -0.39 is 35.8 Å². The second-order valence-electron chi connectivity index (χ2n) is 10.4. The molecule has 13 heteroatoms. The second kappa shape index (κ2) is 8.82. The minimum atomic E-state index is -4.66. The van der Waals surface area contributed by atoms with Crippen LogP contribution in [0.3, 0.4) is 0 Å². The van der Waals surface area contributed by atoms with Crippen LogP contribution >= 0.6 is 11.6 Å². The fourth-order valence-electron chi connectivity index (χ4n) is 5.69. The molecule has 1 amide bonds. The van der Waals surface area contributed by atoms with Gasteiger partial charge >= 0.3 is 6.36 Å². The lowest BCUT2D eigenvalue weighted by Crippen LogP contribution is -2.63. The number of nitrogens with zero attached hydrogens (tertiary/aromatic N) is 2. The Morgan fingerprint density at radius 2 is 1.92 bits per heavy atom. The molecule has 4 fully saturated rings. The molecule has 2 N–H and O–H groups in total. The normalized spacial score (nSPS) is 34.8. The number of aromatic nitrogens is 2. The van der Waals surface area contributed by atoms with Gasteiger partial charge in [0.05, 0.1) is 24.4 Å². The zero-order valence-corrected chi connectivity index (χ0v) is 20.3. The molecule has 2 saturated carbocycles. The Kier molecular flexibility index (Phi) is 5.94. The average Bonchev–Trinajstić information content (AvgIpc) is 3.32. The van der Waals surface area contributed by atoms with Gasteiger partial charge in [-0.2, -0.15) is 0 Å². The molecular formula is C24H25ClF3N3O6. The maximum atomic E-state index is 13.1. The van der Waals surface area contributed by atoms with Crippen molar-refractivity contribution in [2.24, 2.45) is 0 Å². The van der Waals surface area contributed by atoms with Crippen LogP contribution in [0.15, 0.2) is 22.6 Å². The van der Waals surface area contributed by atoms with Crippen LogP contribution in [0, 0.1) is 0 Å². The van der Waals surface area contributed by atoms with Crippen molar-refractivity contribution in [2.75, 3.05) is 6.61 Å². The molecule has 7 rings (SSSR count). The number of hydrogen-bond donors (Lipinski definition) is 2. The van der Waals surface area contributed by atoms with Crippen LogP contribution < -0.4 is 10.1 Å². The van der Waals surface area contributed by atoms with Gasteiger partial charge < -0.3 is 24.3 Å². The SMILES string of the molecule is O=C(NC12CCC(c3nnc([C@H]4C[C@@H](OC(F)(F)F)C4)o3)(CC1)OC2)[C@H]1C[C@@H](O)c2cc(Cl)ccc2O1. The van der Waals surface area contributed by atoms with E-state index in [1.165, 1.54) is 0 Å². The minimum absolute atomic E-state index is 0.112. The number of rotatable bonds is 5. The number of hydrogen-bond acceptors (Lipinski definition) is 8. The van der Waals surface area contributed by atoms with Crippen LogP contribution in [0.4, 0.5) is 13.2 Å². The third-order valence-electron chi connectivity index (χ3n) is 7.93. The van der Waals surface area contributed by atoms with Gasteiger partial charge in [-0.15, -0.1) is 23.4 Å². The van der Waals surface area contributed by atoms with Gasteiger partial charge in [-0.25, -0.2) is 0 Å². The predicted octanol–water partition coefficient (Wildman–Crippen LogP) is 4.04. The number of fused-ring (bicyclic) bond motifs is 4. The lowest BCUT2D eigenvalue weighted by Gasteiger charge is -2.51. The molecule has 9 nitrogen and oxygen atoms in total. The molecule has 4 heterocycles. The van der Waals surface area contributed by atoms with Crippen LogP contribution in [-0.4, -0.2) is 51.9 Å². The summed E-state index contributed by atoms with van der Waals surface area (Å²) >= 11 is 6.00. The van der Waals surface area contributed by atoms with E-state index in [1.54, 1.807) is 18.2 Å². The van der Waals surface area contributed by atoms with Crippen molar-refractivity contribution >= 4 is 17.5 Å². The monoisotopic (exact) mass is 543 g/mol. The van der Waals surface area contributed by atoms with Crippen molar-refractivity contribution in [3.8, 4) is 5.75 Å². The summed E-state index contributed by atoms with van der Waals surface area (Å²) in [6.07, 6.45) is -4.53. The summed E-state index contributed by atoms with van der Waals surface area (Å²) in [6.45, 7) is 0.239. The molecule has 5 aliphatic rings. The zero-order chi connectivity index (χ0) is 26.0. The van der Waals surface area contributed by atoms with E-state index in [0.29, 0.717) is 53.8 Å². The Bertz CT molecular complexity index is 1180. The summed E-state index contributed by atoms with van der Waals surface area (Å²) in [6, 6.07) is 4.92. The van der Waals surface area contributed by atoms with Crippen LogP contribution in [0.5, 0.6) is 5.75 Å². The fraction of sp³-hybridized carbons (Fsp3) is 0.625. The number of halogens is 4. The Morgan fingerprint density at radius 3 is 2.59 bits per heavy atom. The molecule has 1 aromatic heterocycles. The first-order chi connectivity index (χ1) is 17.5. The van der Waals surface area contributed by atoms with E-state index in [1.807, 2.05) is 0 Å². The molecule has 0 radical (unpaired) electrons. The van der Waals surface area contributed by atoms with Crippen LogP contribution in [0.2, 0.25) is 5.02 Å². The molecule has 2 atom stereocenters. The first-order valence-corrected chi connectivity index (χ1v) is 12.6. The quantitative estimate of drug-likeness (QED) is 0.580. The molecule has 2 bridgehead atoms. The second-order valence-corrected chi connectivity index (χ2v) is 10.8. The molecule has 3 aliphatic heterocycles. The van der Waals surface area contributed by atoms with Gasteiger partial charge in [-0.1, -0.05) is 11.6 Å². The number of aliphatic hydroxyl groups excluding tert-OH is 1. The summed E-state index contributed by atoms with van der Waals surface area (Å²) in [5.41, 5.74) is -0.798. The van der Waals surface area contributed by atoms with Crippen molar-refractivity contribution in [2.45, 2.75) is 86.7 Å². The molecule has 200 valence electrons. The zero-order valence-electron chi connectivity index (χ0n) is 19.6. The number of aliphatic hydroxyl groups is 1. The maximum Gasteiger partial charge on any atom is 0.522 e. The molecule has 37 heavy (non-hydrogen) atoms. The molecule has 1 aromatic carbocycles. The third-order valence-corrected chi connectivity index (χ3v) is 8.17. The van der Waals surface area contributed by atoms with E-state index >= 15 is 0 Å². The van der Waals surface area contributed by atoms with Gasteiger partial charge in [0.1, 0.15) is 11.4 Å². The van der Waals surface area contributed by atoms with Gasteiger partial charge in [0.25, 0.3) is 5.91 Å². The largest absolute Gasteiger partial charge is 0.522 e. The first kappa shape index (κ1) is 24.9. The smallest absolute Gasteiger partial charge is 0.480 e. The minimum Gasteiger partial charge on any atom is -0.480 e. The number of alkyl halides is 3. The predicted molar refractivity (Wildman–Crippen MR) is 120 cm³/mol. The Hall–Kier alpha value is -2.41. The molecular weight excluding hydrogens is 519 g/mol. The fourth-order valence-corrected chi connectivity index (χ4v) is 5.87. The van der Waals surface area contributed by atoms with Crippen molar-refractivity contribution in [3.63, 3.8) is 0 Å². The summed E-state index contributed by atoms with van der Waals surface area (Å²) < 4.78 is 59.0. The Labute approximate surface area is 214 Å². The summed E-state index contributed by atoms with van der Waals surface area (Å²) in [4.78, 5) is 13.1. The van der Waals surface area contributed by atoms with E-state index in [9.17, 15) is 23.1 Å². The van der Waals surface area contributed by atoms with E-state index in [0.717, 1.165) is 0 Å². The lowest BCUT2D eigenvalue weighted by molar-refractivity contribution is -0.352. The van der Waals surface area contributed by atoms with Crippen molar-refractivity contribution in [3.05, 3.63) is 40.6 Å². The molecule has 2 aliphatic carbocycles. The van der Waals surface area contributed by atoms with Gasteiger partial charge in [-0.3, -0.25) is 9.53 Å². The Balaban J connectivity index is 1.06. The van der Waals surface area contributed by atoms with Gasteiger partial charge in [-0.05, 0) is 56.7 Å². The maximum absolute atomic E-state index is 13.1. The number of carbonyl (C=O) groups is 1. The number of benzene rings is 1. The first-order valence-electron chi connectivity index (χ1n) is 12.2. The lowest BCUT2D eigenvalue weighted by atomic mass is 9.71. The van der Waals surface area contributed by atoms with E-state index in [4.69, 9.17) is 25.5 Å². The molecule has 2 saturated heterocycles. The average molecular weight is 544 g/mol. The van der Waals surface area contributed by atoms with Crippen LogP contribution in [0.25, 0.3) is 0 Å². The third kappa shape index (κ3) is 4.68. The molecule has 2 aromatic rings. The number of ether oxygens (including phenoxy) is 3. The van der Waals surface area contributed by atoms with E-state index in [2.05, 4.69) is 20.3 Å². The topological polar surface area (TPSA) is 116 Å².